The largest absolute Gasteiger partial charge is 0.0622 e. The van der Waals surface area contributed by atoms with E-state index in [2.05, 4.69) is 68.4 Å². The summed E-state index contributed by atoms with van der Waals surface area (Å²) in [6, 6.07) is 19.4. The van der Waals surface area contributed by atoms with Crippen LogP contribution < -0.4 is 0 Å². The Morgan fingerprint density at radius 2 is 1.47 bits per heavy atom. The van der Waals surface area contributed by atoms with Crippen molar-refractivity contribution in [3.05, 3.63) is 71.3 Å². The molecule has 0 saturated carbocycles. The maximum atomic E-state index is 2.26. The summed E-state index contributed by atoms with van der Waals surface area (Å²) < 4.78 is 0. The fourth-order valence-corrected chi connectivity index (χ4v) is 1.87. The fraction of sp³-hybridized carbons (Fsp3) is 0.200. The molecule has 15 heavy (non-hydrogen) atoms. The van der Waals surface area contributed by atoms with E-state index in [4.69, 9.17) is 0 Å². The van der Waals surface area contributed by atoms with Gasteiger partial charge < -0.3 is 0 Å². The summed E-state index contributed by atoms with van der Waals surface area (Å²) in [5.41, 5.74) is 4.10. The van der Waals surface area contributed by atoms with E-state index < -0.39 is 0 Å². The Hall–Kier alpha value is -1.56. The lowest BCUT2D eigenvalue weighted by Crippen LogP contribution is -1.95. The molecule has 2 aromatic carbocycles. The molecule has 0 heterocycles. The molecule has 0 aliphatic carbocycles. The molecule has 0 amide bonds. The molecule has 0 N–H and O–H groups in total. The summed E-state index contributed by atoms with van der Waals surface area (Å²) in [6.07, 6.45) is 0. The van der Waals surface area contributed by atoms with Crippen molar-refractivity contribution < 1.29 is 0 Å². The van der Waals surface area contributed by atoms with Crippen molar-refractivity contribution in [2.75, 3.05) is 0 Å². The normalized spacial score (nSPS) is 12.4. The molecule has 0 nitrogen and oxygen atoms in total. The highest BCUT2D eigenvalue weighted by atomic mass is 14.1. The highest BCUT2D eigenvalue weighted by Gasteiger charge is 2.06. The van der Waals surface area contributed by atoms with Crippen LogP contribution in [-0.2, 0) is 0 Å². The third kappa shape index (κ3) is 2.27. The quantitative estimate of drug-likeness (QED) is 0.677. The molecule has 0 spiro atoms. The molecule has 0 aliphatic heterocycles. The number of rotatable bonds is 2. The zero-order chi connectivity index (χ0) is 10.7. The smallest absolute Gasteiger partial charge is 0.00611 e. The fourth-order valence-electron chi connectivity index (χ4n) is 1.87. The SMILES string of the molecule is Cc1cccc([C@@H](C)c2ccccc2)c1. The molecular formula is C15H16. The first-order valence-electron chi connectivity index (χ1n) is 5.39. The Kier molecular flexibility index (Phi) is 2.86. The van der Waals surface area contributed by atoms with Gasteiger partial charge in [0.15, 0.2) is 0 Å². The highest BCUT2D eigenvalue weighted by Crippen LogP contribution is 2.24. The molecule has 76 valence electrons. The van der Waals surface area contributed by atoms with Crippen molar-refractivity contribution >= 4 is 0 Å². The monoisotopic (exact) mass is 196 g/mol. The number of benzene rings is 2. The van der Waals surface area contributed by atoms with E-state index in [1.165, 1.54) is 16.7 Å². The summed E-state index contributed by atoms with van der Waals surface area (Å²) in [5.74, 6) is 0.478. The molecule has 2 rings (SSSR count). The van der Waals surface area contributed by atoms with Crippen LogP contribution >= 0.6 is 0 Å². The van der Waals surface area contributed by atoms with Crippen molar-refractivity contribution in [2.45, 2.75) is 19.8 Å². The van der Waals surface area contributed by atoms with E-state index in [1.54, 1.807) is 0 Å². The Morgan fingerprint density at radius 3 is 2.13 bits per heavy atom. The molecule has 0 aliphatic rings. The average molecular weight is 196 g/mol. The topological polar surface area (TPSA) is 0 Å². The molecule has 1 atom stereocenters. The van der Waals surface area contributed by atoms with Gasteiger partial charge in [-0.1, -0.05) is 67.1 Å². The molecule has 0 aromatic heterocycles. The van der Waals surface area contributed by atoms with Gasteiger partial charge in [0.1, 0.15) is 0 Å². The van der Waals surface area contributed by atoms with Crippen LogP contribution in [0.1, 0.15) is 29.5 Å². The van der Waals surface area contributed by atoms with Gasteiger partial charge in [0, 0.05) is 5.92 Å². The van der Waals surface area contributed by atoms with Crippen LogP contribution in [0.15, 0.2) is 54.6 Å². The zero-order valence-electron chi connectivity index (χ0n) is 9.27. The van der Waals surface area contributed by atoms with Gasteiger partial charge in [-0.2, -0.15) is 0 Å². The summed E-state index contributed by atoms with van der Waals surface area (Å²) in [4.78, 5) is 0. The Morgan fingerprint density at radius 1 is 0.800 bits per heavy atom. The first-order valence-corrected chi connectivity index (χ1v) is 5.39. The van der Waals surface area contributed by atoms with Crippen molar-refractivity contribution in [1.29, 1.82) is 0 Å². The Balaban J connectivity index is 2.32. The third-order valence-corrected chi connectivity index (χ3v) is 2.84. The van der Waals surface area contributed by atoms with Crippen LogP contribution in [0.3, 0.4) is 0 Å². The van der Waals surface area contributed by atoms with E-state index >= 15 is 0 Å². The summed E-state index contributed by atoms with van der Waals surface area (Å²) in [6.45, 7) is 4.39. The van der Waals surface area contributed by atoms with Crippen molar-refractivity contribution in [1.82, 2.24) is 0 Å². The van der Waals surface area contributed by atoms with E-state index in [0.29, 0.717) is 5.92 Å². The van der Waals surface area contributed by atoms with Crippen molar-refractivity contribution in [3.8, 4) is 0 Å². The van der Waals surface area contributed by atoms with Gasteiger partial charge in [0.05, 0.1) is 0 Å². The summed E-state index contributed by atoms with van der Waals surface area (Å²) in [7, 11) is 0. The van der Waals surface area contributed by atoms with Crippen molar-refractivity contribution in [3.63, 3.8) is 0 Å². The Bertz CT molecular complexity index is 429. The lowest BCUT2D eigenvalue weighted by molar-refractivity contribution is 0.920. The van der Waals surface area contributed by atoms with E-state index in [9.17, 15) is 0 Å². The van der Waals surface area contributed by atoms with Crippen LogP contribution in [0.4, 0.5) is 0 Å². The van der Waals surface area contributed by atoms with Crippen molar-refractivity contribution in [2.24, 2.45) is 0 Å². The first-order chi connectivity index (χ1) is 7.27. The van der Waals surface area contributed by atoms with Gasteiger partial charge in [-0.3, -0.25) is 0 Å². The third-order valence-electron chi connectivity index (χ3n) is 2.84. The van der Waals surface area contributed by atoms with Gasteiger partial charge in [0.2, 0.25) is 0 Å². The minimum Gasteiger partial charge on any atom is -0.0622 e. The van der Waals surface area contributed by atoms with Gasteiger partial charge in [-0.25, -0.2) is 0 Å². The van der Waals surface area contributed by atoms with E-state index in [0.717, 1.165) is 0 Å². The molecule has 0 unspecified atom stereocenters. The molecule has 0 saturated heterocycles. The lowest BCUT2D eigenvalue weighted by atomic mass is 9.92. The van der Waals surface area contributed by atoms with Crippen LogP contribution in [0.25, 0.3) is 0 Å². The van der Waals surface area contributed by atoms with Gasteiger partial charge in [0.25, 0.3) is 0 Å². The number of hydrogen-bond donors (Lipinski definition) is 0. The molecule has 0 heteroatoms. The maximum Gasteiger partial charge on any atom is 0.00611 e. The molecular weight excluding hydrogens is 180 g/mol. The second-order valence-electron chi connectivity index (χ2n) is 4.05. The second kappa shape index (κ2) is 4.31. The van der Waals surface area contributed by atoms with Crippen LogP contribution in [0, 0.1) is 6.92 Å². The van der Waals surface area contributed by atoms with Crippen LogP contribution in [0.2, 0.25) is 0 Å². The minimum absolute atomic E-state index is 0.478. The molecule has 0 bridgehead atoms. The van der Waals surface area contributed by atoms with E-state index in [-0.39, 0.29) is 0 Å². The lowest BCUT2D eigenvalue weighted by Gasteiger charge is -2.12. The molecule has 2 aromatic rings. The maximum absolute atomic E-state index is 2.26. The predicted octanol–water partition coefficient (Wildman–Crippen LogP) is 4.15. The zero-order valence-corrected chi connectivity index (χ0v) is 9.27. The Labute approximate surface area is 91.6 Å². The summed E-state index contributed by atoms with van der Waals surface area (Å²) in [5, 5.41) is 0. The molecule has 0 fully saturated rings. The minimum atomic E-state index is 0.478. The predicted molar refractivity (Wildman–Crippen MR) is 65.1 cm³/mol. The van der Waals surface area contributed by atoms with E-state index in [1.807, 2.05) is 0 Å². The van der Waals surface area contributed by atoms with Gasteiger partial charge in [-0.05, 0) is 18.1 Å². The molecule has 0 radical (unpaired) electrons. The highest BCUT2D eigenvalue weighted by molar-refractivity contribution is 5.33. The second-order valence-corrected chi connectivity index (χ2v) is 4.05. The van der Waals surface area contributed by atoms with Gasteiger partial charge >= 0.3 is 0 Å². The standard InChI is InChI=1S/C15H16/c1-12-7-6-10-15(11-12)13(2)14-8-4-3-5-9-14/h3-11,13H,1-2H3/t13-/m0/s1. The number of hydrogen-bond acceptors (Lipinski definition) is 0. The average Bonchev–Trinajstić information content (AvgIpc) is 2.29. The van der Waals surface area contributed by atoms with Gasteiger partial charge in [-0.15, -0.1) is 0 Å². The van der Waals surface area contributed by atoms with Crippen LogP contribution in [-0.4, -0.2) is 0 Å². The first kappa shape index (κ1) is 9.97. The number of aryl methyl sites for hydroxylation is 1. The summed E-state index contributed by atoms with van der Waals surface area (Å²) >= 11 is 0. The van der Waals surface area contributed by atoms with Crippen LogP contribution in [0.5, 0.6) is 0 Å².